The molecule has 1 saturated carbocycles. The van der Waals surface area contributed by atoms with Crippen molar-refractivity contribution in [3.8, 4) is 0 Å². The predicted molar refractivity (Wildman–Crippen MR) is 70.2 cm³/mol. The van der Waals surface area contributed by atoms with E-state index in [1.54, 1.807) is 11.4 Å². The second kappa shape index (κ2) is 5.28. The van der Waals surface area contributed by atoms with Crippen molar-refractivity contribution in [1.82, 2.24) is 5.32 Å². The average Bonchev–Trinajstić information content (AvgIpc) is 2.67. The molecule has 0 aliphatic heterocycles. The van der Waals surface area contributed by atoms with Crippen LogP contribution in [0.1, 0.15) is 35.4 Å². The third-order valence-corrected chi connectivity index (χ3v) is 4.73. The molecular formula is C12H14ClNO3S. The monoisotopic (exact) mass is 287 g/mol. The fourth-order valence-corrected chi connectivity index (χ4v) is 3.27. The Morgan fingerprint density at radius 2 is 2.22 bits per heavy atom. The quantitative estimate of drug-likeness (QED) is 0.875. The third-order valence-electron chi connectivity index (χ3n) is 3.39. The molecule has 2 rings (SSSR count). The minimum absolute atomic E-state index is 0.117. The summed E-state index contributed by atoms with van der Waals surface area (Å²) in [5.74, 6) is -1.02. The van der Waals surface area contributed by atoms with E-state index in [4.69, 9.17) is 16.7 Å². The zero-order chi connectivity index (χ0) is 13.2. The number of carboxylic acids is 1. The Bertz CT molecular complexity index is 468. The van der Waals surface area contributed by atoms with E-state index >= 15 is 0 Å². The van der Waals surface area contributed by atoms with Crippen molar-refractivity contribution in [2.45, 2.75) is 25.7 Å². The summed E-state index contributed by atoms with van der Waals surface area (Å²) in [7, 11) is 0. The van der Waals surface area contributed by atoms with Crippen LogP contribution in [-0.2, 0) is 4.79 Å². The highest BCUT2D eigenvalue weighted by Gasteiger charge is 2.39. The number of carboxylic acid groups (broad SMARTS) is 1. The van der Waals surface area contributed by atoms with Gasteiger partial charge in [-0.3, -0.25) is 9.59 Å². The smallest absolute Gasteiger partial charge is 0.303 e. The molecule has 0 spiro atoms. The van der Waals surface area contributed by atoms with Crippen LogP contribution in [0.5, 0.6) is 0 Å². The number of hydrogen-bond donors (Lipinski definition) is 2. The first-order chi connectivity index (χ1) is 8.52. The lowest BCUT2D eigenvalue weighted by Crippen LogP contribution is -2.43. The number of hydrogen-bond acceptors (Lipinski definition) is 3. The van der Waals surface area contributed by atoms with Crippen molar-refractivity contribution in [1.29, 1.82) is 0 Å². The zero-order valence-corrected chi connectivity index (χ0v) is 11.3. The minimum Gasteiger partial charge on any atom is -0.481 e. The Labute approximate surface area is 114 Å². The summed E-state index contributed by atoms with van der Waals surface area (Å²) < 4.78 is 0. The van der Waals surface area contributed by atoms with Crippen LogP contribution in [0.4, 0.5) is 0 Å². The van der Waals surface area contributed by atoms with Gasteiger partial charge in [0.15, 0.2) is 0 Å². The normalized spacial score (nSPS) is 16.9. The molecule has 1 fully saturated rings. The summed E-state index contributed by atoms with van der Waals surface area (Å²) in [6.07, 6.45) is 2.86. The number of halogens is 1. The number of thiophene rings is 1. The molecule has 1 aromatic rings. The molecule has 0 atom stereocenters. The van der Waals surface area contributed by atoms with Gasteiger partial charge in [0.25, 0.3) is 5.91 Å². The number of carbonyl (C=O) groups excluding carboxylic acids is 1. The zero-order valence-electron chi connectivity index (χ0n) is 9.74. The maximum Gasteiger partial charge on any atom is 0.303 e. The summed E-state index contributed by atoms with van der Waals surface area (Å²) in [5, 5.41) is 13.9. The van der Waals surface area contributed by atoms with E-state index in [1.165, 1.54) is 11.3 Å². The minimum atomic E-state index is -0.807. The molecule has 0 aromatic carbocycles. The largest absolute Gasteiger partial charge is 0.481 e. The Morgan fingerprint density at radius 3 is 2.67 bits per heavy atom. The van der Waals surface area contributed by atoms with Crippen molar-refractivity contribution in [2.75, 3.05) is 6.54 Å². The van der Waals surface area contributed by atoms with Crippen LogP contribution in [0.15, 0.2) is 11.4 Å². The Morgan fingerprint density at radius 1 is 1.50 bits per heavy atom. The first kappa shape index (κ1) is 13.4. The van der Waals surface area contributed by atoms with Crippen molar-refractivity contribution in [3.63, 3.8) is 0 Å². The van der Waals surface area contributed by atoms with Crippen LogP contribution >= 0.6 is 22.9 Å². The number of nitrogens with one attached hydrogen (secondary N) is 1. The SMILES string of the molecule is O=C(O)CC1(CNC(=O)c2sccc2Cl)CCC1. The summed E-state index contributed by atoms with van der Waals surface area (Å²) in [4.78, 5) is 23.2. The second-order valence-electron chi connectivity index (χ2n) is 4.70. The fourth-order valence-electron chi connectivity index (χ4n) is 2.22. The van der Waals surface area contributed by atoms with Crippen LogP contribution in [-0.4, -0.2) is 23.5 Å². The molecule has 1 amide bonds. The number of amides is 1. The molecular weight excluding hydrogens is 274 g/mol. The van der Waals surface area contributed by atoms with Crippen molar-refractivity contribution >= 4 is 34.8 Å². The third kappa shape index (κ3) is 2.84. The van der Waals surface area contributed by atoms with E-state index < -0.39 is 5.97 Å². The fraction of sp³-hybridized carbons (Fsp3) is 0.500. The molecule has 1 aliphatic rings. The van der Waals surface area contributed by atoms with Crippen molar-refractivity contribution < 1.29 is 14.7 Å². The molecule has 1 aliphatic carbocycles. The molecule has 0 radical (unpaired) electrons. The molecule has 0 unspecified atom stereocenters. The van der Waals surface area contributed by atoms with Gasteiger partial charge in [-0.1, -0.05) is 18.0 Å². The highest BCUT2D eigenvalue weighted by Crippen LogP contribution is 2.43. The molecule has 4 nitrogen and oxygen atoms in total. The van der Waals surface area contributed by atoms with Crippen molar-refractivity contribution in [3.05, 3.63) is 21.3 Å². The lowest BCUT2D eigenvalue weighted by Gasteiger charge is -2.40. The predicted octanol–water partition coefficient (Wildman–Crippen LogP) is 2.78. The topological polar surface area (TPSA) is 66.4 Å². The summed E-state index contributed by atoms with van der Waals surface area (Å²) in [6.45, 7) is 0.409. The van der Waals surface area contributed by atoms with Gasteiger partial charge < -0.3 is 10.4 Å². The maximum atomic E-state index is 11.9. The molecule has 98 valence electrons. The number of carbonyl (C=O) groups is 2. The van der Waals surface area contributed by atoms with E-state index in [0.717, 1.165) is 19.3 Å². The van der Waals surface area contributed by atoms with Crippen LogP contribution in [0.2, 0.25) is 5.02 Å². The van der Waals surface area contributed by atoms with Gasteiger partial charge in [-0.25, -0.2) is 0 Å². The lowest BCUT2D eigenvalue weighted by atomic mass is 9.66. The van der Waals surface area contributed by atoms with Crippen LogP contribution < -0.4 is 5.32 Å². The van der Waals surface area contributed by atoms with Crippen LogP contribution in [0.25, 0.3) is 0 Å². The molecule has 2 N–H and O–H groups in total. The highest BCUT2D eigenvalue weighted by molar-refractivity contribution is 7.12. The number of rotatable bonds is 5. The van der Waals surface area contributed by atoms with Gasteiger partial charge in [0.1, 0.15) is 4.88 Å². The first-order valence-electron chi connectivity index (χ1n) is 5.75. The van der Waals surface area contributed by atoms with Gasteiger partial charge in [-0.15, -0.1) is 11.3 Å². The van der Waals surface area contributed by atoms with E-state index in [2.05, 4.69) is 5.32 Å². The Hall–Kier alpha value is -1.07. The molecule has 18 heavy (non-hydrogen) atoms. The summed E-state index contributed by atoms with van der Waals surface area (Å²) in [6, 6.07) is 1.68. The van der Waals surface area contributed by atoms with Gasteiger partial charge in [-0.2, -0.15) is 0 Å². The van der Waals surface area contributed by atoms with E-state index in [0.29, 0.717) is 16.4 Å². The number of aliphatic carboxylic acids is 1. The van der Waals surface area contributed by atoms with Crippen LogP contribution in [0.3, 0.4) is 0 Å². The van der Waals surface area contributed by atoms with Gasteiger partial charge >= 0.3 is 5.97 Å². The Kier molecular flexibility index (Phi) is 3.92. The van der Waals surface area contributed by atoms with E-state index in [-0.39, 0.29) is 17.7 Å². The molecule has 0 saturated heterocycles. The second-order valence-corrected chi connectivity index (χ2v) is 6.03. The molecule has 0 bridgehead atoms. The Balaban J connectivity index is 1.93. The summed E-state index contributed by atoms with van der Waals surface area (Å²) >= 11 is 7.16. The molecule has 1 heterocycles. The van der Waals surface area contributed by atoms with E-state index in [9.17, 15) is 9.59 Å². The van der Waals surface area contributed by atoms with Gasteiger partial charge in [-0.05, 0) is 29.7 Å². The molecule has 1 aromatic heterocycles. The van der Waals surface area contributed by atoms with Crippen LogP contribution in [0, 0.1) is 5.41 Å². The summed E-state index contributed by atoms with van der Waals surface area (Å²) in [5.41, 5.74) is -0.259. The molecule has 6 heteroatoms. The van der Waals surface area contributed by atoms with Gasteiger partial charge in [0.2, 0.25) is 0 Å². The average molecular weight is 288 g/mol. The first-order valence-corrected chi connectivity index (χ1v) is 7.01. The lowest BCUT2D eigenvalue weighted by molar-refractivity contribution is -0.141. The van der Waals surface area contributed by atoms with E-state index in [1.807, 2.05) is 0 Å². The van der Waals surface area contributed by atoms with Gasteiger partial charge in [0.05, 0.1) is 11.4 Å². The highest BCUT2D eigenvalue weighted by atomic mass is 35.5. The van der Waals surface area contributed by atoms with Crippen molar-refractivity contribution in [2.24, 2.45) is 5.41 Å². The standard InChI is InChI=1S/C12H14ClNO3S/c13-8-2-5-18-10(8)11(17)14-7-12(3-1-4-12)6-9(15)16/h2,5H,1,3-4,6-7H2,(H,14,17)(H,15,16). The maximum absolute atomic E-state index is 11.9. The van der Waals surface area contributed by atoms with Gasteiger partial charge in [0, 0.05) is 6.54 Å².